The van der Waals surface area contributed by atoms with Crippen molar-refractivity contribution in [2.75, 3.05) is 23.3 Å². The lowest BCUT2D eigenvalue weighted by molar-refractivity contribution is 0.624. The lowest BCUT2D eigenvalue weighted by Gasteiger charge is -2.23. The Morgan fingerprint density at radius 3 is 2.18 bits per heavy atom. The molecule has 1 N–H and O–H groups in total. The second-order valence-corrected chi connectivity index (χ2v) is 5.11. The molecule has 0 radical (unpaired) electrons. The van der Waals surface area contributed by atoms with Gasteiger partial charge in [0.25, 0.3) is 0 Å². The van der Waals surface area contributed by atoms with Crippen molar-refractivity contribution >= 4 is 23.5 Å². The number of nitrogens with one attached hydrogen (secondary N) is 1. The summed E-state index contributed by atoms with van der Waals surface area (Å²) in [6.07, 6.45) is 0. The first-order valence-corrected chi connectivity index (χ1v) is 6.18. The van der Waals surface area contributed by atoms with Crippen LogP contribution in [0.2, 0.25) is 5.28 Å². The molecule has 5 nitrogen and oxygen atoms in total. The van der Waals surface area contributed by atoms with E-state index in [-0.39, 0.29) is 10.8 Å². The maximum absolute atomic E-state index is 5.91. The Morgan fingerprint density at radius 2 is 1.71 bits per heavy atom. The van der Waals surface area contributed by atoms with Gasteiger partial charge in [0.2, 0.25) is 17.2 Å². The summed E-state index contributed by atoms with van der Waals surface area (Å²) < 4.78 is 0. The van der Waals surface area contributed by atoms with Gasteiger partial charge in [0.15, 0.2) is 0 Å². The van der Waals surface area contributed by atoms with Crippen molar-refractivity contribution in [3.8, 4) is 0 Å². The molecule has 17 heavy (non-hydrogen) atoms. The number of halogens is 1. The number of hydrogen-bond acceptors (Lipinski definition) is 5. The van der Waals surface area contributed by atoms with Crippen molar-refractivity contribution in [3.05, 3.63) is 5.28 Å². The lowest BCUT2D eigenvalue weighted by Crippen LogP contribution is -2.29. The third-order valence-electron chi connectivity index (χ3n) is 2.13. The first kappa shape index (κ1) is 14.0. The number of nitrogens with zero attached hydrogens (tertiary/aromatic N) is 4. The molecular weight excluding hydrogens is 238 g/mol. The number of anilines is 2. The zero-order chi connectivity index (χ0) is 13.1. The summed E-state index contributed by atoms with van der Waals surface area (Å²) in [6.45, 7) is 11.9. The van der Waals surface area contributed by atoms with E-state index in [1.54, 1.807) is 0 Å². The average molecular weight is 258 g/mol. The topological polar surface area (TPSA) is 53.9 Å². The van der Waals surface area contributed by atoms with Crippen LogP contribution >= 0.6 is 11.6 Å². The van der Waals surface area contributed by atoms with Gasteiger partial charge in [-0.1, -0.05) is 0 Å². The summed E-state index contributed by atoms with van der Waals surface area (Å²) in [4.78, 5) is 14.6. The van der Waals surface area contributed by atoms with Gasteiger partial charge in [0.1, 0.15) is 0 Å². The molecule has 0 saturated carbocycles. The zero-order valence-corrected chi connectivity index (χ0v) is 11.8. The summed E-state index contributed by atoms with van der Waals surface area (Å²) in [5.74, 6) is 1.13. The van der Waals surface area contributed by atoms with Gasteiger partial charge in [-0.15, -0.1) is 0 Å². The van der Waals surface area contributed by atoms with Gasteiger partial charge in [0, 0.05) is 18.6 Å². The lowest BCUT2D eigenvalue weighted by atomic mass is 10.1. The van der Waals surface area contributed by atoms with Crippen LogP contribution in [-0.2, 0) is 0 Å². The molecule has 1 rings (SSSR count). The SMILES string of the molecule is CCN(CC)c1nc(Cl)nc(NC(C)(C)C)n1. The molecule has 0 aliphatic rings. The number of hydrogen-bond donors (Lipinski definition) is 1. The highest BCUT2D eigenvalue weighted by Gasteiger charge is 2.15. The van der Waals surface area contributed by atoms with Crippen LogP contribution in [-0.4, -0.2) is 33.6 Å². The molecule has 0 atom stereocenters. The Balaban J connectivity index is 3.01. The predicted molar refractivity (Wildman–Crippen MR) is 71.8 cm³/mol. The monoisotopic (exact) mass is 257 g/mol. The smallest absolute Gasteiger partial charge is 0.231 e. The number of aromatic nitrogens is 3. The molecule has 0 aliphatic carbocycles. The van der Waals surface area contributed by atoms with Gasteiger partial charge in [-0.3, -0.25) is 0 Å². The zero-order valence-electron chi connectivity index (χ0n) is 11.1. The van der Waals surface area contributed by atoms with Crippen molar-refractivity contribution in [2.45, 2.75) is 40.2 Å². The van der Waals surface area contributed by atoms with E-state index in [9.17, 15) is 0 Å². The largest absolute Gasteiger partial charge is 0.349 e. The van der Waals surface area contributed by atoms with Crippen LogP contribution in [0, 0.1) is 0 Å². The summed E-state index contributed by atoms with van der Waals surface area (Å²) in [5.41, 5.74) is -0.106. The van der Waals surface area contributed by atoms with E-state index >= 15 is 0 Å². The quantitative estimate of drug-likeness (QED) is 0.899. The molecule has 0 fully saturated rings. The van der Waals surface area contributed by atoms with Gasteiger partial charge >= 0.3 is 0 Å². The third kappa shape index (κ3) is 4.34. The molecule has 0 aliphatic heterocycles. The molecule has 1 heterocycles. The Kier molecular flexibility index (Phi) is 4.51. The van der Waals surface area contributed by atoms with Crippen molar-refractivity contribution in [3.63, 3.8) is 0 Å². The van der Waals surface area contributed by atoms with Gasteiger partial charge < -0.3 is 10.2 Å². The predicted octanol–water partition coefficient (Wildman–Crippen LogP) is 2.58. The van der Waals surface area contributed by atoms with Gasteiger partial charge in [-0.25, -0.2) is 0 Å². The van der Waals surface area contributed by atoms with E-state index < -0.39 is 0 Å². The fraction of sp³-hybridized carbons (Fsp3) is 0.727. The van der Waals surface area contributed by atoms with Crippen LogP contribution in [0.3, 0.4) is 0 Å². The first-order chi connectivity index (χ1) is 7.85. The van der Waals surface area contributed by atoms with Crippen molar-refractivity contribution < 1.29 is 0 Å². The molecule has 0 bridgehead atoms. The van der Waals surface area contributed by atoms with Crippen LogP contribution in [0.4, 0.5) is 11.9 Å². The second-order valence-electron chi connectivity index (χ2n) is 4.78. The summed E-state index contributed by atoms with van der Waals surface area (Å²) in [5, 5.41) is 3.41. The number of rotatable bonds is 4. The minimum atomic E-state index is -0.106. The van der Waals surface area contributed by atoms with E-state index in [1.807, 2.05) is 25.7 Å². The van der Waals surface area contributed by atoms with Gasteiger partial charge in [-0.05, 0) is 46.2 Å². The third-order valence-corrected chi connectivity index (χ3v) is 2.30. The van der Waals surface area contributed by atoms with E-state index in [1.165, 1.54) is 0 Å². The maximum Gasteiger partial charge on any atom is 0.231 e. The van der Waals surface area contributed by atoms with Crippen molar-refractivity contribution in [2.24, 2.45) is 0 Å². The Bertz CT molecular complexity index is 371. The van der Waals surface area contributed by atoms with Crippen molar-refractivity contribution in [1.82, 2.24) is 15.0 Å². The average Bonchev–Trinajstić information content (AvgIpc) is 2.15. The Labute approximate surface area is 108 Å². The molecule has 0 aromatic carbocycles. The van der Waals surface area contributed by atoms with Crippen LogP contribution < -0.4 is 10.2 Å². The molecule has 0 unspecified atom stereocenters. The van der Waals surface area contributed by atoms with Crippen LogP contribution in [0.25, 0.3) is 0 Å². The molecule has 1 aromatic heterocycles. The second kappa shape index (κ2) is 5.49. The van der Waals surface area contributed by atoms with Gasteiger partial charge in [-0.2, -0.15) is 15.0 Å². The van der Waals surface area contributed by atoms with Crippen LogP contribution in [0.1, 0.15) is 34.6 Å². The molecule has 6 heteroatoms. The highest BCUT2D eigenvalue weighted by atomic mass is 35.5. The fourth-order valence-corrected chi connectivity index (χ4v) is 1.53. The minimum absolute atomic E-state index is 0.106. The highest BCUT2D eigenvalue weighted by Crippen LogP contribution is 2.16. The Morgan fingerprint density at radius 1 is 1.12 bits per heavy atom. The summed E-state index contributed by atoms with van der Waals surface area (Å²) >= 11 is 5.91. The molecule has 0 saturated heterocycles. The van der Waals surface area contributed by atoms with E-state index in [0.717, 1.165) is 13.1 Å². The molecule has 1 aromatic rings. The molecule has 0 amide bonds. The van der Waals surface area contributed by atoms with Crippen LogP contribution in [0.5, 0.6) is 0 Å². The molecular formula is C11H20ClN5. The maximum atomic E-state index is 5.91. The standard InChI is InChI=1S/C11H20ClN5/c1-6-17(7-2)10-14-8(12)13-9(15-10)16-11(3,4)5/h6-7H2,1-5H3,(H,13,14,15,16). The molecule has 0 spiro atoms. The Hall–Kier alpha value is -1.10. The highest BCUT2D eigenvalue weighted by molar-refractivity contribution is 6.28. The van der Waals surface area contributed by atoms with Gasteiger partial charge in [0.05, 0.1) is 0 Å². The van der Waals surface area contributed by atoms with E-state index in [0.29, 0.717) is 11.9 Å². The van der Waals surface area contributed by atoms with E-state index in [2.05, 4.69) is 34.1 Å². The van der Waals surface area contributed by atoms with Crippen molar-refractivity contribution in [1.29, 1.82) is 0 Å². The van der Waals surface area contributed by atoms with E-state index in [4.69, 9.17) is 11.6 Å². The normalized spacial score (nSPS) is 11.4. The molecule has 96 valence electrons. The fourth-order valence-electron chi connectivity index (χ4n) is 1.38. The minimum Gasteiger partial charge on any atom is -0.349 e. The summed E-state index contributed by atoms with van der Waals surface area (Å²) in [7, 11) is 0. The first-order valence-electron chi connectivity index (χ1n) is 5.80. The summed E-state index contributed by atoms with van der Waals surface area (Å²) in [6, 6.07) is 0. The van der Waals surface area contributed by atoms with Crippen LogP contribution in [0.15, 0.2) is 0 Å².